The third-order valence-corrected chi connectivity index (χ3v) is 6.34. The van der Waals surface area contributed by atoms with Gasteiger partial charge in [0.15, 0.2) is 11.5 Å². The Balaban J connectivity index is 1.37. The van der Waals surface area contributed by atoms with Crippen molar-refractivity contribution >= 4 is 45.2 Å². The van der Waals surface area contributed by atoms with Crippen molar-refractivity contribution in [1.29, 1.82) is 0 Å². The smallest absolute Gasteiger partial charge is 0.269 e. The first-order valence-electron chi connectivity index (χ1n) is 9.87. The van der Waals surface area contributed by atoms with Crippen molar-refractivity contribution < 1.29 is 27.5 Å². The molecule has 0 saturated carbocycles. The van der Waals surface area contributed by atoms with E-state index in [2.05, 4.69) is 15.6 Å². The quantitative estimate of drug-likeness (QED) is 0.353. The molecule has 11 heteroatoms. The average Bonchev–Trinajstić information content (AvgIpc) is 3.30. The SMILES string of the molecule is O=C(/C=C/c1ccc2c(c1)OCO2)NNC(=O)c1cccc(S(=O)(=O)Nc2ccccc2Cl)c1. The van der Waals surface area contributed by atoms with Crippen LogP contribution in [0, 0.1) is 0 Å². The van der Waals surface area contributed by atoms with Crippen LogP contribution in [0.15, 0.2) is 77.7 Å². The van der Waals surface area contributed by atoms with Gasteiger partial charge in [0.2, 0.25) is 6.79 Å². The van der Waals surface area contributed by atoms with Gasteiger partial charge in [0.1, 0.15) is 0 Å². The summed E-state index contributed by atoms with van der Waals surface area (Å²) in [5.41, 5.74) is 5.43. The number of benzene rings is 3. The fraction of sp³-hybridized carbons (Fsp3) is 0.0435. The van der Waals surface area contributed by atoms with E-state index in [0.717, 1.165) is 0 Å². The van der Waals surface area contributed by atoms with Crippen LogP contribution in [-0.4, -0.2) is 27.0 Å². The summed E-state index contributed by atoms with van der Waals surface area (Å²) in [4.78, 5) is 24.3. The molecule has 4 rings (SSSR count). The normalized spacial score (nSPS) is 12.4. The molecule has 0 aliphatic carbocycles. The number of para-hydroxylation sites is 1. The van der Waals surface area contributed by atoms with E-state index < -0.39 is 21.8 Å². The van der Waals surface area contributed by atoms with Gasteiger partial charge in [-0.25, -0.2) is 8.42 Å². The van der Waals surface area contributed by atoms with Gasteiger partial charge < -0.3 is 9.47 Å². The molecule has 0 atom stereocenters. The average molecular weight is 500 g/mol. The summed E-state index contributed by atoms with van der Waals surface area (Å²) < 4.78 is 38.3. The molecule has 0 saturated heterocycles. The third kappa shape index (κ3) is 5.48. The number of sulfonamides is 1. The molecule has 34 heavy (non-hydrogen) atoms. The van der Waals surface area contributed by atoms with Crippen LogP contribution in [0.1, 0.15) is 15.9 Å². The molecule has 0 radical (unpaired) electrons. The van der Waals surface area contributed by atoms with Crippen LogP contribution < -0.4 is 25.0 Å². The van der Waals surface area contributed by atoms with Gasteiger partial charge >= 0.3 is 0 Å². The minimum atomic E-state index is -4.00. The monoisotopic (exact) mass is 499 g/mol. The summed E-state index contributed by atoms with van der Waals surface area (Å²) in [5, 5.41) is 0.233. The lowest BCUT2D eigenvalue weighted by atomic mass is 10.2. The van der Waals surface area contributed by atoms with Crippen molar-refractivity contribution in [2.75, 3.05) is 11.5 Å². The third-order valence-electron chi connectivity index (χ3n) is 4.65. The molecular weight excluding hydrogens is 482 g/mol. The van der Waals surface area contributed by atoms with Crippen molar-refractivity contribution in [3.63, 3.8) is 0 Å². The van der Waals surface area contributed by atoms with E-state index in [9.17, 15) is 18.0 Å². The summed E-state index contributed by atoms with van der Waals surface area (Å²) in [6.45, 7) is 0.146. The molecular formula is C23H18ClN3O6S. The number of hydrogen-bond acceptors (Lipinski definition) is 6. The first-order chi connectivity index (χ1) is 16.3. The van der Waals surface area contributed by atoms with Crippen LogP contribution in [0.5, 0.6) is 11.5 Å². The Labute approximate surface area is 200 Å². The van der Waals surface area contributed by atoms with Gasteiger partial charge in [-0.1, -0.05) is 35.9 Å². The first-order valence-corrected chi connectivity index (χ1v) is 11.7. The molecule has 0 bridgehead atoms. The van der Waals surface area contributed by atoms with E-state index >= 15 is 0 Å². The highest BCUT2D eigenvalue weighted by molar-refractivity contribution is 7.92. The molecule has 0 unspecified atom stereocenters. The van der Waals surface area contributed by atoms with Crippen molar-refractivity contribution in [2.45, 2.75) is 4.90 Å². The molecule has 1 aliphatic rings. The standard InChI is InChI=1S/C23H18ClN3O6S/c24-18-6-1-2-7-19(18)27-34(30,31)17-5-3-4-16(13-17)23(29)26-25-22(28)11-9-15-8-10-20-21(12-15)33-14-32-20/h1-13,27H,14H2,(H,25,28)(H,26,29)/b11-9+. The molecule has 0 fully saturated rings. The molecule has 0 aromatic heterocycles. The minimum Gasteiger partial charge on any atom is -0.454 e. The number of carbonyl (C=O) groups is 2. The zero-order chi connectivity index (χ0) is 24.1. The lowest BCUT2D eigenvalue weighted by Crippen LogP contribution is -2.40. The number of fused-ring (bicyclic) bond motifs is 1. The zero-order valence-corrected chi connectivity index (χ0v) is 19.0. The van der Waals surface area contributed by atoms with E-state index in [1.165, 1.54) is 42.5 Å². The van der Waals surface area contributed by atoms with Gasteiger partial charge in [0.25, 0.3) is 21.8 Å². The summed E-state index contributed by atoms with van der Waals surface area (Å²) >= 11 is 6.01. The second kappa shape index (κ2) is 9.86. The van der Waals surface area contributed by atoms with Crippen molar-refractivity contribution in [3.8, 4) is 11.5 Å². The molecule has 3 aromatic rings. The number of anilines is 1. The lowest BCUT2D eigenvalue weighted by Gasteiger charge is -2.11. The maximum atomic E-state index is 12.7. The van der Waals surface area contributed by atoms with Crippen LogP contribution in [-0.2, 0) is 14.8 Å². The molecule has 1 heterocycles. The highest BCUT2D eigenvalue weighted by Gasteiger charge is 2.18. The predicted octanol–water partition coefficient (Wildman–Crippen LogP) is 3.34. The zero-order valence-electron chi connectivity index (χ0n) is 17.4. The van der Waals surface area contributed by atoms with Crippen LogP contribution in [0.4, 0.5) is 5.69 Å². The Kier molecular flexibility index (Phi) is 6.71. The number of hydrogen-bond donors (Lipinski definition) is 3. The Morgan fingerprint density at radius 3 is 2.53 bits per heavy atom. The van der Waals surface area contributed by atoms with Gasteiger partial charge in [-0.3, -0.25) is 25.2 Å². The number of ether oxygens (including phenoxy) is 2. The summed E-state index contributed by atoms with van der Waals surface area (Å²) in [6.07, 6.45) is 2.77. The van der Waals surface area contributed by atoms with E-state index in [0.29, 0.717) is 17.1 Å². The van der Waals surface area contributed by atoms with Crippen LogP contribution in [0.25, 0.3) is 6.08 Å². The van der Waals surface area contributed by atoms with E-state index in [1.807, 2.05) is 0 Å². The first kappa shape index (κ1) is 23.1. The largest absolute Gasteiger partial charge is 0.454 e. The number of halogens is 1. The van der Waals surface area contributed by atoms with Gasteiger partial charge in [-0.05, 0) is 54.1 Å². The fourth-order valence-corrected chi connectivity index (χ4v) is 4.34. The van der Waals surface area contributed by atoms with Crippen molar-refractivity contribution in [3.05, 3.63) is 89.0 Å². The Hall–Kier alpha value is -4.02. The number of rotatable bonds is 6. The molecule has 3 aromatic carbocycles. The second-order valence-corrected chi connectivity index (χ2v) is 9.09. The van der Waals surface area contributed by atoms with Crippen LogP contribution >= 0.6 is 11.6 Å². The van der Waals surface area contributed by atoms with Crippen molar-refractivity contribution in [1.82, 2.24) is 10.9 Å². The minimum absolute atomic E-state index is 0.0297. The van der Waals surface area contributed by atoms with Crippen molar-refractivity contribution in [2.24, 2.45) is 0 Å². The summed E-state index contributed by atoms with van der Waals surface area (Å²) in [7, 11) is -4.00. The fourth-order valence-electron chi connectivity index (χ4n) is 2.97. The molecule has 0 spiro atoms. The number of nitrogens with one attached hydrogen (secondary N) is 3. The lowest BCUT2D eigenvalue weighted by molar-refractivity contribution is -0.117. The van der Waals surface area contributed by atoms with Gasteiger partial charge in [0, 0.05) is 11.6 Å². The number of hydrazine groups is 1. The Morgan fingerprint density at radius 2 is 1.71 bits per heavy atom. The molecule has 9 nitrogen and oxygen atoms in total. The highest BCUT2D eigenvalue weighted by atomic mass is 35.5. The molecule has 1 aliphatic heterocycles. The summed E-state index contributed by atoms with van der Waals surface area (Å²) in [6, 6.07) is 16.9. The Bertz CT molecular complexity index is 1390. The topological polar surface area (TPSA) is 123 Å². The van der Waals surface area contributed by atoms with E-state index in [1.54, 1.807) is 36.4 Å². The Morgan fingerprint density at radius 1 is 0.912 bits per heavy atom. The highest BCUT2D eigenvalue weighted by Crippen LogP contribution is 2.32. The number of amides is 2. The van der Waals surface area contributed by atoms with Crippen LogP contribution in [0.3, 0.4) is 0 Å². The molecule has 2 amide bonds. The maximum Gasteiger partial charge on any atom is 0.269 e. The van der Waals surface area contributed by atoms with Gasteiger partial charge in [0.05, 0.1) is 15.6 Å². The summed E-state index contributed by atoms with van der Waals surface area (Å²) in [5.74, 6) is -0.0790. The van der Waals surface area contributed by atoms with Gasteiger partial charge in [-0.15, -0.1) is 0 Å². The van der Waals surface area contributed by atoms with Gasteiger partial charge in [-0.2, -0.15) is 0 Å². The second-order valence-electron chi connectivity index (χ2n) is 7.00. The molecule has 3 N–H and O–H groups in total. The predicted molar refractivity (Wildman–Crippen MR) is 126 cm³/mol. The maximum absolute atomic E-state index is 12.7. The molecule has 174 valence electrons. The van der Waals surface area contributed by atoms with E-state index in [4.69, 9.17) is 21.1 Å². The van der Waals surface area contributed by atoms with Crippen LogP contribution in [0.2, 0.25) is 5.02 Å². The number of carbonyl (C=O) groups excluding carboxylic acids is 2. The van der Waals surface area contributed by atoms with E-state index in [-0.39, 0.29) is 28.0 Å².